The highest BCUT2D eigenvalue weighted by Crippen LogP contribution is 2.33. The van der Waals surface area contributed by atoms with E-state index in [0.717, 1.165) is 16.9 Å². The zero-order chi connectivity index (χ0) is 14.9. The van der Waals surface area contributed by atoms with Crippen LogP contribution < -0.4 is 4.74 Å². The van der Waals surface area contributed by atoms with Crippen LogP contribution in [0.4, 0.5) is 0 Å². The number of aryl methyl sites for hydroxylation is 2. The maximum absolute atomic E-state index is 11.3. The van der Waals surface area contributed by atoms with Gasteiger partial charge in [0.15, 0.2) is 0 Å². The van der Waals surface area contributed by atoms with Crippen LogP contribution in [0.25, 0.3) is 0 Å². The molecule has 0 heterocycles. The van der Waals surface area contributed by atoms with E-state index in [-0.39, 0.29) is 4.90 Å². The smallest absolute Gasteiger partial charge is 0.261 e. The molecule has 0 atom stereocenters. The number of ether oxygens (including phenoxy) is 1. The van der Waals surface area contributed by atoms with E-state index in [1.807, 2.05) is 32.0 Å². The summed E-state index contributed by atoms with van der Waals surface area (Å²) in [4.78, 5) is 0.0269. The predicted octanol–water partition coefficient (Wildman–Crippen LogP) is 4.79. The normalized spacial score (nSPS) is 11.4. The summed E-state index contributed by atoms with van der Waals surface area (Å²) >= 11 is 3.29. The van der Waals surface area contributed by atoms with Crippen LogP contribution in [0.5, 0.6) is 11.5 Å². The van der Waals surface area contributed by atoms with Crippen molar-refractivity contribution < 1.29 is 13.2 Å². The second-order valence-electron chi connectivity index (χ2n) is 4.40. The lowest BCUT2D eigenvalue weighted by Gasteiger charge is -2.11. The molecule has 0 aliphatic rings. The van der Waals surface area contributed by atoms with Gasteiger partial charge in [-0.05, 0) is 59.6 Å². The standard InChI is InChI=1S/C14H12BrClO3S/c1-9-3-5-13(10(2)7-9)19-14-6-4-11(8-12(14)15)20(16,17)18/h3-8H,1-2H3. The first-order valence-corrected chi connectivity index (χ1v) is 8.87. The van der Waals surface area contributed by atoms with E-state index in [9.17, 15) is 8.42 Å². The SMILES string of the molecule is Cc1ccc(Oc2ccc(S(=O)(=O)Cl)cc2Br)c(C)c1. The number of halogens is 2. The van der Waals surface area contributed by atoms with Gasteiger partial charge in [-0.2, -0.15) is 0 Å². The number of hydrogen-bond donors (Lipinski definition) is 0. The minimum absolute atomic E-state index is 0.0269. The van der Waals surface area contributed by atoms with E-state index >= 15 is 0 Å². The molecule has 0 aliphatic heterocycles. The average Bonchev–Trinajstić information content (AvgIpc) is 2.33. The van der Waals surface area contributed by atoms with E-state index in [2.05, 4.69) is 15.9 Å². The third-order valence-electron chi connectivity index (χ3n) is 2.74. The van der Waals surface area contributed by atoms with E-state index in [1.54, 1.807) is 6.07 Å². The molecule has 3 nitrogen and oxygen atoms in total. The lowest BCUT2D eigenvalue weighted by molar-refractivity contribution is 0.475. The summed E-state index contributed by atoms with van der Waals surface area (Å²) in [7, 11) is 1.55. The fraction of sp³-hybridized carbons (Fsp3) is 0.143. The molecule has 0 amide bonds. The number of rotatable bonds is 3. The van der Waals surface area contributed by atoms with Crippen molar-refractivity contribution in [1.29, 1.82) is 0 Å². The lowest BCUT2D eigenvalue weighted by Crippen LogP contribution is -1.93. The molecule has 0 saturated carbocycles. The Balaban J connectivity index is 2.35. The van der Waals surface area contributed by atoms with Gasteiger partial charge < -0.3 is 4.74 Å². The number of benzene rings is 2. The Morgan fingerprint density at radius 2 is 1.70 bits per heavy atom. The number of hydrogen-bond acceptors (Lipinski definition) is 3. The van der Waals surface area contributed by atoms with Crippen LogP contribution in [0.2, 0.25) is 0 Å². The summed E-state index contributed by atoms with van der Waals surface area (Å²) in [6.07, 6.45) is 0. The monoisotopic (exact) mass is 374 g/mol. The molecule has 20 heavy (non-hydrogen) atoms. The highest BCUT2D eigenvalue weighted by Gasteiger charge is 2.13. The van der Waals surface area contributed by atoms with Crippen LogP contribution in [0.3, 0.4) is 0 Å². The highest BCUT2D eigenvalue weighted by molar-refractivity contribution is 9.10. The fourth-order valence-corrected chi connectivity index (χ4v) is 3.14. The van der Waals surface area contributed by atoms with Crippen molar-refractivity contribution >= 4 is 35.7 Å². The maximum Gasteiger partial charge on any atom is 0.261 e. The molecule has 2 aromatic carbocycles. The summed E-state index contributed by atoms with van der Waals surface area (Å²) in [6, 6.07) is 10.2. The summed E-state index contributed by atoms with van der Waals surface area (Å²) in [5.74, 6) is 1.25. The maximum atomic E-state index is 11.3. The van der Waals surface area contributed by atoms with Gasteiger partial charge in [0.05, 0.1) is 9.37 Å². The largest absolute Gasteiger partial charge is 0.456 e. The minimum Gasteiger partial charge on any atom is -0.456 e. The molecule has 0 aromatic heterocycles. The second-order valence-corrected chi connectivity index (χ2v) is 7.82. The van der Waals surface area contributed by atoms with Crippen LogP contribution in [-0.4, -0.2) is 8.42 Å². The van der Waals surface area contributed by atoms with Crippen LogP contribution in [0, 0.1) is 13.8 Å². The van der Waals surface area contributed by atoms with Gasteiger partial charge >= 0.3 is 0 Å². The molecule has 0 radical (unpaired) electrons. The van der Waals surface area contributed by atoms with Crippen LogP contribution in [0.1, 0.15) is 11.1 Å². The van der Waals surface area contributed by atoms with E-state index < -0.39 is 9.05 Å². The van der Waals surface area contributed by atoms with Crippen LogP contribution in [-0.2, 0) is 9.05 Å². The van der Waals surface area contributed by atoms with Crippen molar-refractivity contribution in [3.63, 3.8) is 0 Å². The average molecular weight is 376 g/mol. The molecule has 106 valence electrons. The molecular formula is C14H12BrClO3S. The van der Waals surface area contributed by atoms with E-state index in [0.29, 0.717) is 10.2 Å². The van der Waals surface area contributed by atoms with Gasteiger partial charge in [-0.25, -0.2) is 8.42 Å². The molecular weight excluding hydrogens is 364 g/mol. The summed E-state index contributed by atoms with van der Waals surface area (Å²) in [6.45, 7) is 3.96. The third kappa shape index (κ3) is 3.53. The van der Waals surface area contributed by atoms with Gasteiger partial charge in [0, 0.05) is 10.7 Å². The first-order chi connectivity index (χ1) is 9.27. The fourth-order valence-electron chi connectivity index (χ4n) is 1.75. The van der Waals surface area contributed by atoms with E-state index in [1.165, 1.54) is 12.1 Å². The molecule has 0 N–H and O–H groups in total. The van der Waals surface area contributed by atoms with Gasteiger partial charge in [-0.3, -0.25) is 0 Å². The highest BCUT2D eigenvalue weighted by atomic mass is 79.9. The Morgan fingerprint density at radius 3 is 2.25 bits per heavy atom. The Hall–Kier alpha value is -1.04. The predicted molar refractivity (Wildman–Crippen MR) is 83.2 cm³/mol. The van der Waals surface area contributed by atoms with Crippen LogP contribution in [0.15, 0.2) is 45.8 Å². The van der Waals surface area contributed by atoms with Gasteiger partial charge in [0.25, 0.3) is 9.05 Å². The van der Waals surface area contributed by atoms with Gasteiger partial charge in [0.1, 0.15) is 11.5 Å². The van der Waals surface area contributed by atoms with Crippen molar-refractivity contribution in [1.82, 2.24) is 0 Å². The topological polar surface area (TPSA) is 43.4 Å². The van der Waals surface area contributed by atoms with Crippen LogP contribution >= 0.6 is 26.6 Å². The molecule has 0 fully saturated rings. The van der Waals surface area contributed by atoms with Crippen molar-refractivity contribution in [2.24, 2.45) is 0 Å². The molecule has 0 aliphatic carbocycles. The van der Waals surface area contributed by atoms with Gasteiger partial charge in [-0.15, -0.1) is 0 Å². The zero-order valence-electron chi connectivity index (χ0n) is 10.9. The summed E-state index contributed by atoms with van der Waals surface area (Å²) < 4.78 is 28.8. The van der Waals surface area contributed by atoms with Gasteiger partial charge in [-0.1, -0.05) is 17.7 Å². The van der Waals surface area contributed by atoms with Gasteiger partial charge in [0.2, 0.25) is 0 Å². The Kier molecular flexibility index (Phi) is 4.42. The molecule has 0 spiro atoms. The first kappa shape index (κ1) is 15.4. The Labute approximate surface area is 131 Å². The molecule has 2 rings (SSSR count). The Bertz CT molecular complexity index is 757. The van der Waals surface area contributed by atoms with Crippen molar-refractivity contribution in [2.75, 3.05) is 0 Å². The summed E-state index contributed by atoms with van der Waals surface area (Å²) in [5.41, 5.74) is 2.16. The van der Waals surface area contributed by atoms with Crippen molar-refractivity contribution in [3.05, 3.63) is 52.0 Å². The Morgan fingerprint density at radius 1 is 1.05 bits per heavy atom. The molecule has 2 aromatic rings. The minimum atomic E-state index is -3.74. The molecule has 0 saturated heterocycles. The summed E-state index contributed by atoms with van der Waals surface area (Å²) in [5, 5.41) is 0. The molecule has 0 bridgehead atoms. The van der Waals surface area contributed by atoms with Crippen molar-refractivity contribution in [2.45, 2.75) is 18.7 Å². The quantitative estimate of drug-likeness (QED) is 0.725. The molecule has 0 unspecified atom stereocenters. The molecule has 6 heteroatoms. The van der Waals surface area contributed by atoms with E-state index in [4.69, 9.17) is 15.4 Å². The first-order valence-electron chi connectivity index (χ1n) is 5.77. The lowest BCUT2D eigenvalue weighted by atomic mass is 10.1. The zero-order valence-corrected chi connectivity index (χ0v) is 14.0. The van der Waals surface area contributed by atoms with Crippen molar-refractivity contribution in [3.8, 4) is 11.5 Å². The third-order valence-corrected chi connectivity index (χ3v) is 4.71. The second kappa shape index (κ2) is 5.76.